The summed E-state index contributed by atoms with van der Waals surface area (Å²) in [6.45, 7) is 4.62. The summed E-state index contributed by atoms with van der Waals surface area (Å²) in [5, 5.41) is 0. The Morgan fingerprint density at radius 3 is 0.347 bits per heavy atom. The second-order valence-corrected chi connectivity index (χ2v) is 41.6. The fourth-order valence-electron chi connectivity index (χ4n) is 18.9. The van der Waals surface area contributed by atoms with Crippen LogP contribution in [0.3, 0.4) is 0 Å². The Morgan fingerprint density at radius 2 is 0.248 bits per heavy atom. The van der Waals surface area contributed by atoms with Crippen LogP contribution in [0, 0.1) is 0 Å². The van der Waals surface area contributed by atoms with Crippen molar-refractivity contribution >= 4 is 58.0 Å². The Balaban J connectivity index is 0.00000236. The molecule has 0 aliphatic heterocycles. The van der Waals surface area contributed by atoms with Crippen LogP contribution in [0.1, 0.15) is 641 Å². The molecule has 0 saturated carbocycles. The predicted octanol–water partition coefficient (Wildman–Crippen LogP) is 39.4. The normalized spacial score (nSPS) is 11.8. The van der Waals surface area contributed by atoms with Gasteiger partial charge in [-0.25, -0.2) is 16.8 Å². The molecule has 0 radical (unpaired) electrons. The maximum atomic E-state index is 11.4. The maximum absolute atomic E-state index is 11.4. The summed E-state index contributed by atoms with van der Waals surface area (Å²) in [5.74, 6) is 0. The first-order valence-corrected chi connectivity index (χ1v) is 58.0. The first kappa shape index (κ1) is 121. The van der Waals surface area contributed by atoms with Crippen LogP contribution in [0.25, 0.3) is 0 Å². The average molecular weight is 1760 g/mol. The molecule has 0 spiro atoms. The minimum absolute atomic E-state index is 0. The van der Waals surface area contributed by atoms with Crippen LogP contribution in [-0.4, -0.2) is 63.7 Å². The van der Waals surface area contributed by atoms with Crippen LogP contribution < -0.4 is 0 Å². The van der Waals surface area contributed by atoms with Crippen molar-refractivity contribution in [2.75, 3.05) is 0 Å². The molecule has 0 aliphatic carbocycles. The first-order valence-electron chi connectivity index (χ1n) is 55.2. The van der Waals surface area contributed by atoms with E-state index in [1.54, 1.807) is 24.3 Å². The predicted molar refractivity (Wildman–Crippen MR) is 537 cm³/mol. The van der Waals surface area contributed by atoms with Crippen LogP contribution in [0.15, 0.2) is 58.3 Å². The molecule has 0 N–H and O–H groups in total. The molecule has 0 bridgehead atoms. The van der Waals surface area contributed by atoms with Crippen molar-refractivity contribution in [3.8, 4) is 0 Å². The number of benzene rings is 2. The van der Waals surface area contributed by atoms with Crippen LogP contribution in [0.5, 0.6) is 0 Å². The molecule has 0 heterocycles. The van der Waals surface area contributed by atoms with Crippen molar-refractivity contribution < 1.29 is 25.9 Å². The standard InChI is InChI=1S/2C56H106O3S.Ca/c2*1-2-3-4-5-6-7-8-9-10-11-12-13-14-15-16-17-18-19-20-21-22-23-24-25-26-27-28-29-30-31-32-33-34-35-36-37-38-39-40-41-42-43-44-45-46-47-48-49-52-55-53-50-51-54-56(55)60(57,58)59;/h2*50-51,53-54H,2-49,52H2,1H3,(H,57,58,59);/q;;+2/p-2. The summed E-state index contributed by atoms with van der Waals surface area (Å²) in [5.41, 5.74) is 1.35. The summed E-state index contributed by atoms with van der Waals surface area (Å²) in [7, 11) is -8.74. The van der Waals surface area contributed by atoms with Crippen molar-refractivity contribution in [1.82, 2.24) is 0 Å². The van der Waals surface area contributed by atoms with Crippen LogP contribution in [0.2, 0.25) is 0 Å². The van der Waals surface area contributed by atoms with Gasteiger partial charge in [-0.2, -0.15) is 0 Å². The second kappa shape index (κ2) is 100. The third kappa shape index (κ3) is 92.6. The molecule has 0 fully saturated rings. The van der Waals surface area contributed by atoms with E-state index in [4.69, 9.17) is 0 Å². The average Bonchev–Trinajstić information content (AvgIpc) is 0.844. The van der Waals surface area contributed by atoms with Gasteiger partial charge in [0.1, 0.15) is 20.2 Å². The Morgan fingerprint density at radius 1 is 0.157 bits per heavy atom. The minimum atomic E-state index is -4.37. The number of hydrogen-bond donors (Lipinski definition) is 0. The summed E-state index contributed by atoms with van der Waals surface area (Å²) >= 11 is 0. The van der Waals surface area contributed by atoms with Gasteiger partial charge in [0, 0.05) is 0 Å². The van der Waals surface area contributed by atoms with Gasteiger partial charge in [0.25, 0.3) is 0 Å². The minimum Gasteiger partial charge on any atom is -0.744 e. The smallest absolute Gasteiger partial charge is 0.744 e. The largest absolute Gasteiger partial charge is 2.00 e. The molecule has 0 atom stereocenters. The Bertz CT molecular complexity index is 2350. The number of aryl methyl sites for hydroxylation is 2. The Hall–Kier alpha value is -0.480. The van der Waals surface area contributed by atoms with Crippen LogP contribution in [0.4, 0.5) is 0 Å². The topological polar surface area (TPSA) is 114 Å². The summed E-state index contributed by atoms with van der Waals surface area (Å²) < 4.78 is 68.5. The quantitative estimate of drug-likeness (QED) is 0.0370. The molecule has 6 nitrogen and oxygen atoms in total. The molecule has 2 aromatic carbocycles. The number of rotatable bonds is 100. The fraction of sp³-hybridized carbons (Fsp3) is 0.893. The van der Waals surface area contributed by atoms with E-state index in [9.17, 15) is 25.9 Å². The molecular weight excluding hydrogens is 1550 g/mol. The van der Waals surface area contributed by atoms with Gasteiger partial charge in [-0.3, -0.25) is 0 Å². The zero-order valence-electron chi connectivity index (χ0n) is 81.9. The molecule has 0 saturated heterocycles. The van der Waals surface area contributed by atoms with Crippen molar-refractivity contribution in [2.24, 2.45) is 0 Å². The van der Waals surface area contributed by atoms with Gasteiger partial charge < -0.3 is 9.11 Å². The molecule has 0 unspecified atom stereocenters. The molecule has 708 valence electrons. The van der Waals surface area contributed by atoms with Gasteiger partial charge in [0.15, 0.2) is 0 Å². The second-order valence-electron chi connectivity index (χ2n) is 38.9. The molecule has 0 amide bonds. The van der Waals surface area contributed by atoms with E-state index < -0.39 is 20.2 Å². The van der Waals surface area contributed by atoms with E-state index in [1.807, 2.05) is 12.1 Å². The van der Waals surface area contributed by atoms with Gasteiger partial charge in [0.05, 0.1) is 9.79 Å². The Kier molecular flexibility index (Phi) is 99.7. The van der Waals surface area contributed by atoms with E-state index in [1.165, 1.54) is 603 Å². The van der Waals surface area contributed by atoms with Gasteiger partial charge in [-0.1, -0.05) is 654 Å². The molecular formula is C112H210CaO6S2. The maximum Gasteiger partial charge on any atom is 2.00 e. The summed E-state index contributed by atoms with van der Waals surface area (Å²) in [4.78, 5) is -0.0788. The monoisotopic (exact) mass is 1760 g/mol. The molecule has 2 aromatic rings. The zero-order valence-corrected chi connectivity index (χ0v) is 85.7. The van der Waals surface area contributed by atoms with Crippen LogP contribution in [-0.2, 0) is 33.1 Å². The van der Waals surface area contributed by atoms with Gasteiger partial charge in [0.2, 0.25) is 0 Å². The van der Waals surface area contributed by atoms with E-state index in [0.717, 1.165) is 25.7 Å². The van der Waals surface area contributed by atoms with Crippen molar-refractivity contribution in [3.63, 3.8) is 0 Å². The molecule has 2 rings (SSSR count). The number of unbranched alkanes of at least 4 members (excludes halogenated alkanes) is 94. The molecule has 0 aromatic heterocycles. The van der Waals surface area contributed by atoms with E-state index in [-0.39, 0.29) is 47.5 Å². The molecule has 9 heteroatoms. The van der Waals surface area contributed by atoms with Gasteiger partial charge in [-0.05, 0) is 48.9 Å². The fourth-order valence-corrected chi connectivity index (χ4v) is 20.4. The summed E-state index contributed by atoms with van der Waals surface area (Å²) in [6.07, 6.45) is 139. The third-order valence-electron chi connectivity index (χ3n) is 27.1. The van der Waals surface area contributed by atoms with Crippen LogP contribution >= 0.6 is 0 Å². The first-order chi connectivity index (χ1) is 59.1. The number of hydrogen-bond acceptors (Lipinski definition) is 6. The molecule has 0 aliphatic rings. The van der Waals surface area contributed by atoms with Crippen molar-refractivity contribution in [1.29, 1.82) is 0 Å². The zero-order chi connectivity index (χ0) is 86.3. The van der Waals surface area contributed by atoms with Gasteiger partial charge in [-0.15, -0.1) is 0 Å². The van der Waals surface area contributed by atoms with E-state index >= 15 is 0 Å². The summed E-state index contributed by atoms with van der Waals surface area (Å²) in [6, 6.07) is 13.3. The SMILES string of the molecule is CCCCCCCCCCCCCCCCCCCCCCCCCCCCCCCCCCCCCCCCCCCCCCCCCCc1ccccc1S(=O)(=O)[O-].CCCCCCCCCCCCCCCCCCCCCCCCCCCCCCCCCCCCCCCCCCCCCCCCCCc1ccccc1S(=O)(=O)[O-].[Ca+2]. The van der Waals surface area contributed by atoms with E-state index in [0.29, 0.717) is 24.0 Å². The Labute approximate surface area is 789 Å². The van der Waals surface area contributed by atoms with E-state index in [2.05, 4.69) is 13.8 Å². The third-order valence-corrected chi connectivity index (χ3v) is 29.0. The van der Waals surface area contributed by atoms with Crippen molar-refractivity contribution in [3.05, 3.63) is 59.7 Å². The van der Waals surface area contributed by atoms with Crippen molar-refractivity contribution in [2.45, 2.75) is 653 Å². The van der Waals surface area contributed by atoms with Gasteiger partial charge >= 0.3 is 37.7 Å². The molecule has 121 heavy (non-hydrogen) atoms.